The Balaban J connectivity index is 1.54. The lowest BCUT2D eigenvalue weighted by Crippen LogP contribution is -3.29. The van der Waals surface area contributed by atoms with Gasteiger partial charge in [0.25, 0.3) is 0 Å². The van der Waals surface area contributed by atoms with Crippen molar-refractivity contribution in [1.29, 1.82) is 0 Å². The highest BCUT2D eigenvalue weighted by molar-refractivity contribution is 5.40. The molecule has 134 valence electrons. The Labute approximate surface area is 146 Å². The van der Waals surface area contributed by atoms with E-state index in [0.717, 1.165) is 30.0 Å². The van der Waals surface area contributed by atoms with Gasteiger partial charge in [-0.1, -0.05) is 13.3 Å². The van der Waals surface area contributed by atoms with Crippen molar-refractivity contribution in [2.45, 2.75) is 45.2 Å². The first-order chi connectivity index (χ1) is 11.7. The summed E-state index contributed by atoms with van der Waals surface area (Å²) in [6.07, 6.45) is 5.77. The second kappa shape index (κ2) is 8.21. The third-order valence-corrected chi connectivity index (χ3v) is 6.05. The fourth-order valence-corrected chi connectivity index (χ4v) is 4.58. The molecule has 0 unspecified atom stereocenters. The molecule has 0 spiro atoms. The number of nitrogens with one attached hydrogen (secondary N) is 2. The van der Waals surface area contributed by atoms with Crippen LogP contribution in [0.15, 0.2) is 18.2 Å². The Bertz CT molecular complexity index is 526. The summed E-state index contributed by atoms with van der Waals surface area (Å²) in [5, 5.41) is 0. The highest BCUT2D eigenvalue weighted by Gasteiger charge is 2.32. The first-order valence-electron chi connectivity index (χ1n) is 9.58. The van der Waals surface area contributed by atoms with Crippen LogP contribution in [0.1, 0.15) is 38.2 Å². The second-order valence-corrected chi connectivity index (χ2v) is 7.73. The molecule has 1 aromatic carbocycles. The van der Waals surface area contributed by atoms with E-state index in [0.29, 0.717) is 0 Å². The van der Waals surface area contributed by atoms with E-state index >= 15 is 0 Å². The lowest BCUT2D eigenvalue weighted by atomic mass is 9.86. The summed E-state index contributed by atoms with van der Waals surface area (Å²) >= 11 is 0. The normalized spacial score (nSPS) is 30.8. The highest BCUT2D eigenvalue weighted by Crippen LogP contribution is 2.24. The summed E-state index contributed by atoms with van der Waals surface area (Å²) in [4.78, 5) is 3.55. The fourth-order valence-electron chi connectivity index (χ4n) is 4.58. The van der Waals surface area contributed by atoms with Crippen molar-refractivity contribution in [3.05, 3.63) is 23.8 Å². The number of methoxy groups -OCH3 is 2. The number of hydrogen-bond donors (Lipinski definition) is 2. The fraction of sp³-hybridized carbons (Fsp3) is 0.700. The number of benzene rings is 1. The van der Waals surface area contributed by atoms with Crippen molar-refractivity contribution >= 4 is 0 Å². The minimum absolute atomic E-state index is 0.867. The zero-order valence-corrected chi connectivity index (χ0v) is 15.6. The van der Waals surface area contributed by atoms with Crippen molar-refractivity contribution in [2.75, 3.05) is 40.4 Å². The Kier molecular flexibility index (Phi) is 6.01. The zero-order chi connectivity index (χ0) is 16.9. The molecular formula is C20H34N2O2+2. The SMILES string of the molecule is COc1ccc(C[NH+]2CC[NH+]([C@H]3CCC[C@H](C)C3)CC2)c(OC)c1. The van der Waals surface area contributed by atoms with E-state index < -0.39 is 0 Å². The van der Waals surface area contributed by atoms with Gasteiger partial charge in [0.15, 0.2) is 0 Å². The van der Waals surface area contributed by atoms with E-state index in [4.69, 9.17) is 9.47 Å². The zero-order valence-electron chi connectivity index (χ0n) is 15.6. The summed E-state index contributed by atoms with van der Waals surface area (Å²) in [6.45, 7) is 8.69. The van der Waals surface area contributed by atoms with E-state index in [1.165, 1.54) is 57.4 Å². The first-order valence-corrected chi connectivity index (χ1v) is 9.58. The molecule has 2 atom stereocenters. The molecule has 0 aromatic heterocycles. The predicted octanol–water partition coefficient (Wildman–Crippen LogP) is 0.566. The molecule has 1 aliphatic heterocycles. The van der Waals surface area contributed by atoms with Crippen LogP contribution in [-0.2, 0) is 6.54 Å². The van der Waals surface area contributed by atoms with Gasteiger partial charge in [-0.05, 0) is 30.9 Å². The third-order valence-electron chi connectivity index (χ3n) is 6.05. The van der Waals surface area contributed by atoms with Crippen LogP contribution in [0.25, 0.3) is 0 Å². The van der Waals surface area contributed by atoms with Crippen molar-refractivity contribution in [3.8, 4) is 11.5 Å². The summed E-state index contributed by atoms with van der Waals surface area (Å²) < 4.78 is 10.9. The Morgan fingerprint density at radius 1 is 1.04 bits per heavy atom. The molecule has 2 aliphatic rings. The summed E-state index contributed by atoms with van der Waals surface area (Å²) in [5.41, 5.74) is 1.29. The molecule has 4 heteroatoms. The van der Waals surface area contributed by atoms with Gasteiger partial charge >= 0.3 is 0 Å². The minimum atomic E-state index is 0.867. The molecule has 0 bridgehead atoms. The number of hydrogen-bond acceptors (Lipinski definition) is 2. The lowest BCUT2D eigenvalue weighted by molar-refractivity contribution is -1.03. The third kappa shape index (κ3) is 4.22. The van der Waals surface area contributed by atoms with Gasteiger partial charge in [-0.25, -0.2) is 0 Å². The summed E-state index contributed by atoms with van der Waals surface area (Å²) in [7, 11) is 3.45. The van der Waals surface area contributed by atoms with Crippen molar-refractivity contribution < 1.29 is 19.3 Å². The molecule has 1 saturated heterocycles. The van der Waals surface area contributed by atoms with Crippen LogP contribution < -0.4 is 19.3 Å². The van der Waals surface area contributed by atoms with Crippen molar-refractivity contribution in [1.82, 2.24) is 0 Å². The number of rotatable bonds is 5. The van der Waals surface area contributed by atoms with Crippen LogP contribution in [0.4, 0.5) is 0 Å². The number of quaternary nitrogens is 2. The molecule has 1 aromatic rings. The standard InChI is InChI=1S/C20H32N2O2/c1-16-5-4-6-18(13-16)22-11-9-21(10-12-22)15-17-7-8-19(23-2)14-20(17)24-3/h7-8,14,16,18H,4-6,9-13,15H2,1-3H3/p+2/t16-,18-/m0/s1. The second-order valence-electron chi connectivity index (χ2n) is 7.73. The molecule has 0 radical (unpaired) electrons. The van der Waals surface area contributed by atoms with Gasteiger partial charge in [0.05, 0.1) is 20.3 Å². The van der Waals surface area contributed by atoms with E-state index in [9.17, 15) is 0 Å². The van der Waals surface area contributed by atoms with E-state index in [2.05, 4.69) is 13.0 Å². The van der Waals surface area contributed by atoms with Crippen LogP contribution in [0.2, 0.25) is 0 Å². The molecule has 4 nitrogen and oxygen atoms in total. The first kappa shape index (κ1) is 17.6. The van der Waals surface area contributed by atoms with Gasteiger partial charge in [-0.3, -0.25) is 0 Å². The smallest absolute Gasteiger partial charge is 0.131 e. The van der Waals surface area contributed by atoms with E-state index in [-0.39, 0.29) is 0 Å². The average Bonchev–Trinajstić information content (AvgIpc) is 2.62. The monoisotopic (exact) mass is 334 g/mol. The largest absolute Gasteiger partial charge is 0.497 e. The quantitative estimate of drug-likeness (QED) is 0.824. The highest BCUT2D eigenvalue weighted by atomic mass is 16.5. The maximum absolute atomic E-state index is 5.56. The van der Waals surface area contributed by atoms with Crippen LogP contribution >= 0.6 is 0 Å². The van der Waals surface area contributed by atoms with Gasteiger partial charge in [-0.15, -0.1) is 0 Å². The van der Waals surface area contributed by atoms with Gasteiger partial charge in [0.2, 0.25) is 0 Å². The molecule has 0 amide bonds. The summed E-state index contributed by atoms with van der Waals surface area (Å²) in [5.74, 6) is 2.76. The Morgan fingerprint density at radius 2 is 1.83 bits per heavy atom. The van der Waals surface area contributed by atoms with Gasteiger partial charge in [0.1, 0.15) is 44.2 Å². The molecular weight excluding hydrogens is 300 g/mol. The maximum atomic E-state index is 5.56. The predicted molar refractivity (Wildman–Crippen MR) is 96.1 cm³/mol. The van der Waals surface area contributed by atoms with Crippen LogP contribution in [0, 0.1) is 5.92 Å². The Morgan fingerprint density at radius 3 is 2.50 bits per heavy atom. The van der Waals surface area contributed by atoms with Gasteiger partial charge in [-0.2, -0.15) is 0 Å². The molecule has 24 heavy (non-hydrogen) atoms. The van der Waals surface area contributed by atoms with Gasteiger partial charge < -0.3 is 19.3 Å². The molecule has 3 rings (SSSR count). The topological polar surface area (TPSA) is 27.3 Å². The Hall–Kier alpha value is -1.26. The van der Waals surface area contributed by atoms with Crippen LogP contribution in [-0.4, -0.2) is 46.4 Å². The molecule has 2 fully saturated rings. The van der Waals surface area contributed by atoms with Gasteiger partial charge in [0, 0.05) is 18.1 Å². The molecule has 1 saturated carbocycles. The number of ether oxygens (including phenoxy) is 2. The molecule has 1 aliphatic carbocycles. The molecule has 1 heterocycles. The molecule has 2 N–H and O–H groups in total. The average molecular weight is 335 g/mol. The minimum Gasteiger partial charge on any atom is -0.497 e. The van der Waals surface area contributed by atoms with E-state index in [1.54, 1.807) is 19.1 Å². The van der Waals surface area contributed by atoms with Crippen LogP contribution in [0.5, 0.6) is 11.5 Å². The van der Waals surface area contributed by atoms with Crippen molar-refractivity contribution in [3.63, 3.8) is 0 Å². The summed E-state index contributed by atoms with van der Waals surface area (Å²) in [6, 6.07) is 7.13. The van der Waals surface area contributed by atoms with Crippen LogP contribution in [0.3, 0.4) is 0 Å². The maximum Gasteiger partial charge on any atom is 0.131 e. The number of piperazine rings is 1. The van der Waals surface area contributed by atoms with Crippen molar-refractivity contribution in [2.24, 2.45) is 5.92 Å². The lowest BCUT2D eigenvalue weighted by Gasteiger charge is -2.37. The van der Waals surface area contributed by atoms with E-state index in [1.807, 2.05) is 17.0 Å².